The Morgan fingerprint density at radius 3 is 2.74 bits per heavy atom. The summed E-state index contributed by atoms with van der Waals surface area (Å²) in [5.74, 6) is 0.831. The molecular formula is C16H18ClNS. The first-order chi connectivity index (χ1) is 9.20. The van der Waals surface area contributed by atoms with Gasteiger partial charge in [-0.1, -0.05) is 23.7 Å². The van der Waals surface area contributed by atoms with E-state index in [4.69, 9.17) is 11.6 Å². The van der Waals surface area contributed by atoms with Gasteiger partial charge in [0.1, 0.15) is 0 Å². The fourth-order valence-electron chi connectivity index (χ4n) is 2.58. The number of rotatable bonds is 4. The van der Waals surface area contributed by atoms with Crippen LogP contribution in [0.3, 0.4) is 0 Å². The van der Waals surface area contributed by atoms with Crippen molar-refractivity contribution >= 4 is 22.9 Å². The van der Waals surface area contributed by atoms with Crippen molar-refractivity contribution in [3.8, 4) is 10.4 Å². The Bertz CT molecular complexity index is 586. The molecule has 1 aliphatic rings. The molecule has 100 valence electrons. The maximum atomic E-state index is 6.21. The van der Waals surface area contributed by atoms with E-state index in [1.165, 1.54) is 33.7 Å². The second kappa shape index (κ2) is 5.28. The maximum absolute atomic E-state index is 6.21. The van der Waals surface area contributed by atoms with E-state index >= 15 is 0 Å². The largest absolute Gasteiger partial charge is 0.312 e. The van der Waals surface area contributed by atoms with Crippen molar-refractivity contribution in [3.63, 3.8) is 0 Å². The van der Waals surface area contributed by atoms with E-state index in [0.29, 0.717) is 6.04 Å². The number of hydrogen-bond acceptors (Lipinski definition) is 2. The zero-order valence-corrected chi connectivity index (χ0v) is 12.8. The van der Waals surface area contributed by atoms with Gasteiger partial charge in [0, 0.05) is 20.8 Å². The maximum Gasteiger partial charge on any atom is 0.0441 e. The first kappa shape index (κ1) is 13.2. The fraction of sp³-hybridized carbons (Fsp3) is 0.375. The molecule has 0 amide bonds. The summed E-state index contributed by atoms with van der Waals surface area (Å²) in [6.07, 6.45) is 2.71. The Kier molecular flexibility index (Phi) is 3.66. The minimum absolute atomic E-state index is 0.526. The standard InChI is InChI=1S/C16H18ClNS/c1-10-12(4-3-5-13(10)17)14-8-9-15(19-14)16(18-2)11-6-7-11/h3-5,8-9,11,16,18H,6-7H2,1-2H3. The molecule has 1 aromatic carbocycles. The highest BCUT2D eigenvalue weighted by molar-refractivity contribution is 7.15. The highest BCUT2D eigenvalue weighted by Gasteiger charge is 2.32. The van der Waals surface area contributed by atoms with Crippen LogP contribution < -0.4 is 5.32 Å². The lowest BCUT2D eigenvalue weighted by Crippen LogP contribution is -2.16. The van der Waals surface area contributed by atoms with Gasteiger partial charge in [-0.25, -0.2) is 0 Å². The van der Waals surface area contributed by atoms with Crippen molar-refractivity contribution in [2.75, 3.05) is 7.05 Å². The number of benzene rings is 1. The number of hydrogen-bond donors (Lipinski definition) is 1. The Balaban J connectivity index is 1.94. The smallest absolute Gasteiger partial charge is 0.0441 e. The van der Waals surface area contributed by atoms with E-state index in [0.717, 1.165) is 10.9 Å². The average Bonchev–Trinajstić information content (AvgIpc) is 3.12. The fourth-order valence-corrected chi connectivity index (χ4v) is 4.05. The molecule has 0 bridgehead atoms. The predicted octanol–water partition coefficient (Wildman–Crippen LogP) is 5.05. The van der Waals surface area contributed by atoms with Crippen LogP contribution in [0.15, 0.2) is 30.3 Å². The molecule has 1 heterocycles. The van der Waals surface area contributed by atoms with E-state index in [1.807, 2.05) is 23.5 Å². The van der Waals surface area contributed by atoms with Gasteiger partial charge >= 0.3 is 0 Å². The summed E-state index contributed by atoms with van der Waals surface area (Å²) in [5.41, 5.74) is 2.43. The lowest BCUT2D eigenvalue weighted by atomic mass is 10.1. The molecule has 19 heavy (non-hydrogen) atoms. The van der Waals surface area contributed by atoms with Gasteiger partial charge < -0.3 is 5.32 Å². The molecule has 1 N–H and O–H groups in total. The lowest BCUT2D eigenvalue weighted by Gasteiger charge is -2.12. The van der Waals surface area contributed by atoms with Gasteiger partial charge in [-0.05, 0) is 62.1 Å². The Morgan fingerprint density at radius 2 is 2.05 bits per heavy atom. The molecule has 3 rings (SSSR count). The number of nitrogens with one attached hydrogen (secondary N) is 1. The minimum atomic E-state index is 0.526. The molecule has 1 aliphatic carbocycles. The first-order valence-electron chi connectivity index (χ1n) is 6.73. The third-order valence-electron chi connectivity index (χ3n) is 3.87. The topological polar surface area (TPSA) is 12.0 Å². The van der Waals surface area contributed by atoms with Crippen LogP contribution in [0.4, 0.5) is 0 Å². The van der Waals surface area contributed by atoms with Gasteiger partial charge in [-0.3, -0.25) is 0 Å². The molecule has 1 fully saturated rings. The molecule has 1 atom stereocenters. The van der Waals surface area contributed by atoms with Crippen LogP contribution in [0, 0.1) is 12.8 Å². The summed E-state index contributed by atoms with van der Waals surface area (Å²) >= 11 is 8.10. The SMILES string of the molecule is CNC(c1ccc(-c2cccc(Cl)c2C)s1)C1CC1. The molecule has 3 heteroatoms. The van der Waals surface area contributed by atoms with Crippen molar-refractivity contribution in [2.45, 2.75) is 25.8 Å². The molecule has 0 radical (unpaired) electrons. The molecule has 2 aromatic rings. The molecule has 1 unspecified atom stereocenters. The van der Waals surface area contributed by atoms with Crippen molar-refractivity contribution < 1.29 is 0 Å². The van der Waals surface area contributed by atoms with Crippen LogP contribution in [0.5, 0.6) is 0 Å². The number of halogens is 1. The third-order valence-corrected chi connectivity index (χ3v) is 5.48. The van der Waals surface area contributed by atoms with Gasteiger partial charge in [0.25, 0.3) is 0 Å². The van der Waals surface area contributed by atoms with Crippen LogP contribution in [-0.4, -0.2) is 7.05 Å². The lowest BCUT2D eigenvalue weighted by molar-refractivity contribution is 0.537. The van der Waals surface area contributed by atoms with Crippen LogP contribution in [0.25, 0.3) is 10.4 Å². The van der Waals surface area contributed by atoms with Crippen molar-refractivity contribution in [1.82, 2.24) is 5.32 Å². The monoisotopic (exact) mass is 291 g/mol. The third kappa shape index (κ3) is 2.58. The van der Waals surface area contributed by atoms with Crippen molar-refractivity contribution in [3.05, 3.63) is 45.8 Å². The van der Waals surface area contributed by atoms with E-state index in [2.05, 4.69) is 37.5 Å². The van der Waals surface area contributed by atoms with Gasteiger partial charge in [-0.15, -0.1) is 11.3 Å². The summed E-state index contributed by atoms with van der Waals surface area (Å²) in [6, 6.07) is 11.2. The van der Waals surface area contributed by atoms with Crippen molar-refractivity contribution in [1.29, 1.82) is 0 Å². The Morgan fingerprint density at radius 1 is 1.26 bits per heavy atom. The summed E-state index contributed by atoms with van der Waals surface area (Å²) < 4.78 is 0. The molecule has 1 saturated carbocycles. The van der Waals surface area contributed by atoms with E-state index in [1.54, 1.807) is 0 Å². The normalized spacial score (nSPS) is 16.6. The molecule has 1 nitrogen and oxygen atoms in total. The highest BCUT2D eigenvalue weighted by atomic mass is 35.5. The van der Waals surface area contributed by atoms with Crippen LogP contribution in [0.1, 0.15) is 29.3 Å². The van der Waals surface area contributed by atoms with Crippen molar-refractivity contribution in [2.24, 2.45) is 5.92 Å². The first-order valence-corrected chi connectivity index (χ1v) is 7.92. The van der Waals surface area contributed by atoms with E-state index in [9.17, 15) is 0 Å². The molecular weight excluding hydrogens is 274 g/mol. The van der Waals surface area contributed by atoms with Gasteiger partial charge in [-0.2, -0.15) is 0 Å². The van der Waals surface area contributed by atoms with E-state index in [-0.39, 0.29) is 0 Å². The van der Waals surface area contributed by atoms with Crippen LogP contribution >= 0.6 is 22.9 Å². The quantitative estimate of drug-likeness (QED) is 0.831. The second-order valence-corrected chi connectivity index (χ2v) is 6.74. The highest BCUT2D eigenvalue weighted by Crippen LogP contribution is 2.44. The Labute approximate surface area is 123 Å². The number of thiophene rings is 1. The van der Waals surface area contributed by atoms with E-state index < -0.39 is 0 Å². The average molecular weight is 292 g/mol. The zero-order chi connectivity index (χ0) is 13.4. The van der Waals surface area contributed by atoms with Gasteiger partial charge in [0.15, 0.2) is 0 Å². The summed E-state index contributed by atoms with van der Waals surface area (Å²) in [5, 5.41) is 4.30. The summed E-state index contributed by atoms with van der Waals surface area (Å²) in [7, 11) is 2.06. The molecule has 1 aromatic heterocycles. The zero-order valence-electron chi connectivity index (χ0n) is 11.2. The minimum Gasteiger partial charge on any atom is -0.312 e. The molecule has 0 aliphatic heterocycles. The van der Waals surface area contributed by atoms with Crippen LogP contribution in [-0.2, 0) is 0 Å². The van der Waals surface area contributed by atoms with Gasteiger partial charge in [0.05, 0.1) is 0 Å². The summed E-state index contributed by atoms with van der Waals surface area (Å²) in [4.78, 5) is 2.76. The summed E-state index contributed by atoms with van der Waals surface area (Å²) in [6.45, 7) is 2.09. The second-order valence-electron chi connectivity index (χ2n) is 5.22. The molecule has 0 spiro atoms. The predicted molar refractivity (Wildman–Crippen MR) is 84.0 cm³/mol. The van der Waals surface area contributed by atoms with Gasteiger partial charge in [0.2, 0.25) is 0 Å². The molecule has 0 saturated heterocycles. The van der Waals surface area contributed by atoms with Crippen LogP contribution in [0.2, 0.25) is 5.02 Å². The Hall–Kier alpha value is -0.830.